The molecule has 0 aliphatic heterocycles. The highest BCUT2D eigenvalue weighted by Gasteiger charge is 2.11. The molecule has 0 aliphatic rings. The lowest BCUT2D eigenvalue weighted by Gasteiger charge is -2.13. The van der Waals surface area contributed by atoms with E-state index < -0.39 is 0 Å². The van der Waals surface area contributed by atoms with E-state index >= 15 is 0 Å². The largest absolute Gasteiger partial charge is 0.351 e. The van der Waals surface area contributed by atoms with Crippen molar-refractivity contribution in [3.63, 3.8) is 0 Å². The molecule has 0 aliphatic carbocycles. The zero-order chi connectivity index (χ0) is 13.7. The molecule has 0 spiro atoms. The standard InChI is InChI=1S/C16H16BrNO/c1-12(13-7-3-2-4-8-13)11-18-16(19)14-9-5-6-10-15(14)17/h2-10,12H,11H2,1H3,(H,18,19)/t12-/m1/s1. The number of hydrogen-bond donors (Lipinski definition) is 1. The van der Waals surface area contributed by atoms with E-state index in [1.165, 1.54) is 5.56 Å². The maximum atomic E-state index is 12.1. The van der Waals surface area contributed by atoms with Crippen molar-refractivity contribution in [1.82, 2.24) is 5.32 Å². The van der Waals surface area contributed by atoms with Gasteiger partial charge in [0.2, 0.25) is 0 Å². The predicted octanol–water partition coefficient (Wildman–Crippen LogP) is 3.98. The van der Waals surface area contributed by atoms with Gasteiger partial charge in [-0.1, -0.05) is 49.4 Å². The van der Waals surface area contributed by atoms with Crippen LogP contribution in [0.2, 0.25) is 0 Å². The Morgan fingerprint density at radius 2 is 1.74 bits per heavy atom. The fourth-order valence-electron chi connectivity index (χ4n) is 1.89. The Morgan fingerprint density at radius 3 is 2.42 bits per heavy atom. The van der Waals surface area contributed by atoms with E-state index in [4.69, 9.17) is 0 Å². The van der Waals surface area contributed by atoms with Gasteiger partial charge >= 0.3 is 0 Å². The van der Waals surface area contributed by atoms with Gasteiger partial charge in [0, 0.05) is 11.0 Å². The number of rotatable bonds is 4. The molecule has 0 saturated carbocycles. The van der Waals surface area contributed by atoms with Gasteiger partial charge in [-0.05, 0) is 39.5 Å². The molecule has 1 atom stereocenters. The number of benzene rings is 2. The number of carbonyl (C=O) groups excluding carboxylic acids is 1. The zero-order valence-corrected chi connectivity index (χ0v) is 12.4. The molecule has 2 aromatic rings. The molecule has 0 unspecified atom stereocenters. The summed E-state index contributed by atoms with van der Waals surface area (Å²) in [4.78, 5) is 12.1. The maximum Gasteiger partial charge on any atom is 0.252 e. The summed E-state index contributed by atoms with van der Waals surface area (Å²) in [5, 5.41) is 2.97. The molecule has 19 heavy (non-hydrogen) atoms. The Morgan fingerprint density at radius 1 is 1.11 bits per heavy atom. The van der Waals surface area contributed by atoms with Crippen molar-refractivity contribution in [3.05, 3.63) is 70.2 Å². The van der Waals surface area contributed by atoms with Crippen LogP contribution in [0.3, 0.4) is 0 Å². The summed E-state index contributed by atoms with van der Waals surface area (Å²) >= 11 is 3.39. The predicted molar refractivity (Wildman–Crippen MR) is 81.3 cm³/mol. The van der Waals surface area contributed by atoms with Crippen molar-refractivity contribution in [3.8, 4) is 0 Å². The van der Waals surface area contributed by atoms with Crippen LogP contribution < -0.4 is 5.32 Å². The lowest BCUT2D eigenvalue weighted by Crippen LogP contribution is -2.27. The molecule has 3 heteroatoms. The molecular weight excluding hydrogens is 302 g/mol. The summed E-state index contributed by atoms with van der Waals surface area (Å²) in [5.74, 6) is 0.253. The number of carbonyl (C=O) groups is 1. The Balaban J connectivity index is 1.96. The third-order valence-electron chi connectivity index (χ3n) is 3.06. The first-order chi connectivity index (χ1) is 9.18. The summed E-state index contributed by atoms with van der Waals surface area (Å²) in [6.45, 7) is 2.74. The lowest BCUT2D eigenvalue weighted by atomic mass is 10.0. The monoisotopic (exact) mass is 317 g/mol. The second-order valence-corrected chi connectivity index (χ2v) is 5.36. The minimum Gasteiger partial charge on any atom is -0.351 e. The number of hydrogen-bond acceptors (Lipinski definition) is 1. The van der Waals surface area contributed by atoms with Crippen LogP contribution >= 0.6 is 15.9 Å². The molecule has 2 aromatic carbocycles. The molecule has 2 rings (SSSR count). The second-order valence-electron chi connectivity index (χ2n) is 4.50. The molecule has 98 valence electrons. The van der Waals surface area contributed by atoms with Crippen molar-refractivity contribution >= 4 is 21.8 Å². The Bertz CT molecular complexity index is 554. The van der Waals surface area contributed by atoms with Crippen LogP contribution in [0.15, 0.2) is 59.1 Å². The van der Waals surface area contributed by atoms with Gasteiger partial charge in [0.25, 0.3) is 5.91 Å². The van der Waals surface area contributed by atoms with E-state index in [0.29, 0.717) is 18.0 Å². The van der Waals surface area contributed by atoms with Gasteiger partial charge in [-0.2, -0.15) is 0 Å². The van der Waals surface area contributed by atoms with E-state index in [2.05, 4.69) is 40.3 Å². The molecule has 0 aromatic heterocycles. The highest BCUT2D eigenvalue weighted by Crippen LogP contribution is 2.17. The number of nitrogens with one attached hydrogen (secondary N) is 1. The molecule has 0 bridgehead atoms. The van der Waals surface area contributed by atoms with E-state index in [0.717, 1.165) is 4.47 Å². The molecule has 1 N–H and O–H groups in total. The molecule has 0 heterocycles. The van der Waals surface area contributed by atoms with E-state index in [-0.39, 0.29) is 5.91 Å². The van der Waals surface area contributed by atoms with Crippen LogP contribution in [-0.4, -0.2) is 12.5 Å². The lowest BCUT2D eigenvalue weighted by molar-refractivity contribution is 0.0951. The van der Waals surface area contributed by atoms with Crippen molar-refractivity contribution < 1.29 is 4.79 Å². The van der Waals surface area contributed by atoms with Gasteiger partial charge in [-0.3, -0.25) is 4.79 Å². The van der Waals surface area contributed by atoms with Crippen molar-refractivity contribution in [2.75, 3.05) is 6.54 Å². The smallest absolute Gasteiger partial charge is 0.252 e. The first kappa shape index (κ1) is 13.8. The average molecular weight is 318 g/mol. The summed E-state index contributed by atoms with van der Waals surface area (Å²) in [6, 6.07) is 17.6. The third kappa shape index (κ3) is 3.67. The summed E-state index contributed by atoms with van der Waals surface area (Å²) in [7, 11) is 0. The van der Waals surface area contributed by atoms with Crippen LogP contribution in [0.25, 0.3) is 0 Å². The van der Waals surface area contributed by atoms with Crippen LogP contribution in [0.1, 0.15) is 28.8 Å². The minimum atomic E-state index is -0.0461. The summed E-state index contributed by atoms with van der Waals surface area (Å²) in [5.41, 5.74) is 1.90. The topological polar surface area (TPSA) is 29.1 Å². The highest BCUT2D eigenvalue weighted by molar-refractivity contribution is 9.10. The average Bonchev–Trinajstić information content (AvgIpc) is 2.46. The number of halogens is 1. The Labute approximate surface area is 122 Å². The quantitative estimate of drug-likeness (QED) is 0.907. The van der Waals surface area contributed by atoms with Crippen LogP contribution in [0, 0.1) is 0 Å². The molecule has 1 amide bonds. The van der Waals surface area contributed by atoms with Crippen LogP contribution in [-0.2, 0) is 0 Å². The Hall–Kier alpha value is -1.61. The van der Waals surface area contributed by atoms with E-state index in [1.54, 1.807) is 0 Å². The molecule has 0 saturated heterocycles. The van der Waals surface area contributed by atoms with E-state index in [9.17, 15) is 4.79 Å². The SMILES string of the molecule is C[C@H](CNC(=O)c1ccccc1Br)c1ccccc1. The second kappa shape index (κ2) is 6.53. The van der Waals surface area contributed by atoms with Gasteiger partial charge in [-0.15, -0.1) is 0 Å². The van der Waals surface area contributed by atoms with Crippen LogP contribution in [0.5, 0.6) is 0 Å². The van der Waals surface area contributed by atoms with Gasteiger partial charge in [-0.25, -0.2) is 0 Å². The van der Waals surface area contributed by atoms with Crippen molar-refractivity contribution in [2.45, 2.75) is 12.8 Å². The highest BCUT2D eigenvalue weighted by atomic mass is 79.9. The summed E-state index contributed by atoms with van der Waals surface area (Å²) < 4.78 is 0.819. The van der Waals surface area contributed by atoms with Crippen molar-refractivity contribution in [2.24, 2.45) is 0 Å². The summed E-state index contributed by atoms with van der Waals surface area (Å²) in [6.07, 6.45) is 0. The normalized spacial score (nSPS) is 11.9. The fraction of sp³-hybridized carbons (Fsp3) is 0.188. The third-order valence-corrected chi connectivity index (χ3v) is 3.75. The first-order valence-corrected chi connectivity index (χ1v) is 7.05. The molecule has 2 nitrogen and oxygen atoms in total. The minimum absolute atomic E-state index is 0.0461. The van der Waals surface area contributed by atoms with Gasteiger partial charge in [0.05, 0.1) is 5.56 Å². The maximum absolute atomic E-state index is 12.1. The zero-order valence-electron chi connectivity index (χ0n) is 10.8. The fourth-order valence-corrected chi connectivity index (χ4v) is 2.35. The van der Waals surface area contributed by atoms with E-state index in [1.807, 2.05) is 42.5 Å². The molecular formula is C16H16BrNO. The van der Waals surface area contributed by atoms with Crippen molar-refractivity contribution in [1.29, 1.82) is 0 Å². The van der Waals surface area contributed by atoms with Crippen LogP contribution in [0.4, 0.5) is 0 Å². The van der Waals surface area contributed by atoms with Gasteiger partial charge < -0.3 is 5.32 Å². The molecule has 0 radical (unpaired) electrons. The Kier molecular flexibility index (Phi) is 4.74. The number of amides is 1. The van der Waals surface area contributed by atoms with Gasteiger partial charge in [0.15, 0.2) is 0 Å². The van der Waals surface area contributed by atoms with Gasteiger partial charge in [0.1, 0.15) is 0 Å². The first-order valence-electron chi connectivity index (χ1n) is 6.26. The molecule has 0 fully saturated rings.